The first-order valence-electron chi connectivity index (χ1n) is 8.20. The summed E-state index contributed by atoms with van der Waals surface area (Å²) < 4.78 is 0. The Hall–Kier alpha value is -2.48. The summed E-state index contributed by atoms with van der Waals surface area (Å²) in [7, 11) is 0. The second kappa shape index (κ2) is 5.62. The molecule has 1 aliphatic rings. The molecule has 0 aliphatic heterocycles. The molecule has 23 heavy (non-hydrogen) atoms. The van der Waals surface area contributed by atoms with Crippen molar-refractivity contribution >= 4 is 0 Å². The summed E-state index contributed by atoms with van der Waals surface area (Å²) in [5.41, 5.74) is 7.54. The molecule has 1 atom stereocenters. The van der Waals surface area contributed by atoms with Crippen molar-refractivity contribution in [2.75, 3.05) is 0 Å². The smallest absolute Gasteiger partial charge is 0.159 e. The van der Waals surface area contributed by atoms with Gasteiger partial charge in [0.2, 0.25) is 0 Å². The number of fused-ring (bicyclic) bond motifs is 1. The van der Waals surface area contributed by atoms with E-state index in [-0.39, 0.29) is 0 Å². The molecular weight excluding hydrogens is 280 g/mol. The SMILES string of the molecule is Cc1ccc(-c2cnc(-c3ccc4c(c3)CC(C)C4)nc2)cc1. The molecule has 2 aromatic carbocycles. The van der Waals surface area contributed by atoms with Crippen LogP contribution >= 0.6 is 0 Å². The molecule has 0 spiro atoms. The lowest BCUT2D eigenvalue weighted by atomic mass is 10.1. The van der Waals surface area contributed by atoms with Gasteiger partial charge in [-0.25, -0.2) is 9.97 Å². The third-order valence-corrected chi connectivity index (χ3v) is 4.64. The summed E-state index contributed by atoms with van der Waals surface area (Å²) in [5.74, 6) is 1.56. The highest BCUT2D eigenvalue weighted by Gasteiger charge is 2.18. The molecule has 1 heterocycles. The van der Waals surface area contributed by atoms with E-state index in [1.165, 1.54) is 29.5 Å². The van der Waals surface area contributed by atoms with E-state index in [1.54, 1.807) is 0 Å². The van der Waals surface area contributed by atoms with Gasteiger partial charge in [-0.15, -0.1) is 0 Å². The summed E-state index contributed by atoms with van der Waals surface area (Å²) in [5, 5.41) is 0. The Bertz CT molecular complexity index is 833. The van der Waals surface area contributed by atoms with Gasteiger partial charge in [0.05, 0.1) is 0 Å². The average molecular weight is 300 g/mol. The molecule has 114 valence electrons. The van der Waals surface area contributed by atoms with Crippen molar-refractivity contribution in [3.8, 4) is 22.5 Å². The molecule has 4 rings (SSSR count). The summed E-state index contributed by atoms with van der Waals surface area (Å²) in [6, 6.07) is 15.1. The quantitative estimate of drug-likeness (QED) is 0.676. The van der Waals surface area contributed by atoms with Crippen molar-refractivity contribution in [2.24, 2.45) is 5.92 Å². The number of aryl methyl sites for hydroxylation is 1. The fraction of sp³-hybridized carbons (Fsp3) is 0.238. The number of hydrogen-bond acceptors (Lipinski definition) is 2. The van der Waals surface area contributed by atoms with Crippen LogP contribution in [0.25, 0.3) is 22.5 Å². The first-order valence-corrected chi connectivity index (χ1v) is 8.20. The average Bonchev–Trinajstić information content (AvgIpc) is 2.95. The Morgan fingerprint density at radius 3 is 2.17 bits per heavy atom. The Morgan fingerprint density at radius 1 is 0.783 bits per heavy atom. The molecule has 2 heteroatoms. The third kappa shape index (κ3) is 2.77. The Kier molecular flexibility index (Phi) is 3.45. The normalized spacial score (nSPS) is 16.3. The minimum absolute atomic E-state index is 0.755. The van der Waals surface area contributed by atoms with E-state index in [2.05, 4.69) is 66.3 Å². The molecule has 0 amide bonds. The van der Waals surface area contributed by atoms with E-state index < -0.39 is 0 Å². The Morgan fingerprint density at radius 2 is 1.43 bits per heavy atom. The number of hydrogen-bond donors (Lipinski definition) is 0. The predicted octanol–water partition coefficient (Wildman–Crippen LogP) is 4.85. The van der Waals surface area contributed by atoms with Crippen molar-refractivity contribution in [3.63, 3.8) is 0 Å². The number of benzene rings is 2. The molecule has 0 saturated heterocycles. The van der Waals surface area contributed by atoms with Crippen molar-refractivity contribution in [2.45, 2.75) is 26.7 Å². The van der Waals surface area contributed by atoms with Crippen LogP contribution in [0.5, 0.6) is 0 Å². The lowest BCUT2D eigenvalue weighted by Crippen LogP contribution is -1.92. The fourth-order valence-corrected chi connectivity index (χ4v) is 3.35. The van der Waals surface area contributed by atoms with Gasteiger partial charge in [0.1, 0.15) is 0 Å². The van der Waals surface area contributed by atoms with Crippen molar-refractivity contribution in [3.05, 3.63) is 71.5 Å². The molecule has 2 nitrogen and oxygen atoms in total. The van der Waals surface area contributed by atoms with E-state index in [0.29, 0.717) is 0 Å². The Balaban J connectivity index is 1.64. The second-order valence-corrected chi connectivity index (χ2v) is 6.66. The molecule has 0 radical (unpaired) electrons. The monoisotopic (exact) mass is 300 g/mol. The van der Waals surface area contributed by atoms with Crippen molar-refractivity contribution in [1.29, 1.82) is 0 Å². The predicted molar refractivity (Wildman–Crippen MR) is 94.2 cm³/mol. The first-order chi connectivity index (χ1) is 11.2. The number of aromatic nitrogens is 2. The highest BCUT2D eigenvalue weighted by atomic mass is 14.9. The maximum atomic E-state index is 4.58. The summed E-state index contributed by atoms with van der Waals surface area (Å²) in [4.78, 5) is 9.16. The summed E-state index contributed by atoms with van der Waals surface area (Å²) >= 11 is 0. The zero-order valence-electron chi connectivity index (χ0n) is 13.6. The second-order valence-electron chi connectivity index (χ2n) is 6.66. The third-order valence-electron chi connectivity index (χ3n) is 4.64. The molecular formula is C21H20N2. The van der Waals surface area contributed by atoms with Gasteiger partial charge >= 0.3 is 0 Å². The van der Waals surface area contributed by atoms with E-state index >= 15 is 0 Å². The maximum Gasteiger partial charge on any atom is 0.159 e. The lowest BCUT2D eigenvalue weighted by Gasteiger charge is -2.06. The number of rotatable bonds is 2. The van der Waals surface area contributed by atoms with E-state index in [9.17, 15) is 0 Å². The summed E-state index contributed by atoms with van der Waals surface area (Å²) in [6.07, 6.45) is 6.21. The molecule has 0 fully saturated rings. The molecule has 1 aliphatic carbocycles. The molecule has 1 unspecified atom stereocenters. The molecule has 0 N–H and O–H groups in total. The standard InChI is InChI=1S/C21H20N2/c1-14-3-5-16(6-4-14)20-12-22-21(23-13-20)18-8-7-17-9-15(2)10-19(17)11-18/h3-8,11-13,15H,9-10H2,1-2H3. The van der Waals surface area contributed by atoms with Gasteiger partial charge in [0.15, 0.2) is 5.82 Å². The number of nitrogens with zero attached hydrogens (tertiary/aromatic N) is 2. The maximum absolute atomic E-state index is 4.58. The highest BCUT2D eigenvalue weighted by Crippen LogP contribution is 2.30. The van der Waals surface area contributed by atoms with Gasteiger partial charge in [-0.3, -0.25) is 0 Å². The van der Waals surface area contributed by atoms with Crippen molar-refractivity contribution < 1.29 is 0 Å². The van der Waals surface area contributed by atoms with E-state index in [0.717, 1.165) is 28.4 Å². The topological polar surface area (TPSA) is 25.8 Å². The Labute approximate surface area is 137 Å². The van der Waals surface area contributed by atoms with Gasteiger partial charge in [-0.1, -0.05) is 48.9 Å². The minimum Gasteiger partial charge on any atom is -0.236 e. The lowest BCUT2D eigenvalue weighted by molar-refractivity contribution is 0.628. The van der Waals surface area contributed by atoms with Gasteiger partial charge in [0.25, 0.3) is 0 Å². The largest absolute Gasteiger partial charge is 0.236 e. The molecule has 0 bridgehead atoms. The van der Waals surface area contributed by atoms with Gasteiger partial charge in [-0.2, -0.15) is 0 Å². The molecule has 3 aromatic rings. The minimum atomic E-state index is 0.755. The van der Waals surface area contributed by atoms with Crippen LogP contribution < -0.4 is 0 Å². The molecule has 1 aromatic heterocycles. The van der Waals surface area contributed by atoms with Crippen LogP contribution in [-0.4, -0.2) is 9.97 Å². The molecule has 0 saturated carbocycles. The van der Waals surface area contributed by atoms with Gasteiger partial charge in [-0.05, 0) is 48.4 Å². The van der Waals surface area contributed by atoms with Crippen LogP contribution in [0.3, 0.4) is 0 Å². The highest BCUT2D eigenvalue weighted by molar-refractivity contribution is 5.64. The first kappa shape index (κ1) is 14.1. The van der Waals surface area contributed by atoms with Crippen LogP contribution in [0.15, 0.2) is 54.9 Å². The van der Waals surface area contributed by atoms with Gasteiger partial charge < -0.3 is 0 Å². The van der Waals surface area contributed by atoms with Crippen molar-refractivity contribution in [1.82, 2.24) is 9.97 Å². The fourth-order valence-electron chi connectivity index (χ4n) is 3.35. The van der Waals surface area contributed by atoms with Crippen LogP contribution in [0, 0.1) is 12.8 Å². The summed E-state index contributed by atoms with van der Waals surface area (Å²) in [6.45, 7) is 4.41. The van der Waals surface area contributed by atoms with Gasteiger partial charge in [0, 0.05) is 23.5 Å². The van der Waals surface area contributed by atoms with Crippen LogP contribution in [-0.2, 0) is 12.8 Å². The van der Waals surface area contributed by atoms with Crippen LogP contribution in [0.4, 0.5) is 0 Å². The van der Waals surface area contributed by atoms with E-state index in [4.69, 9.17) is 0 Å². The van der Waals surface area contributed by atoms with E-state index in [1.807, 2.05) is 12.4 Å². The zero-order chi connectivity index (χ0) is 15.8. The van der Waals surface area contributed by atoms with Crippen LogP contribution in [0.2, 0.25) is 0 Å². The van der Waals surface area contributed by atoms with Crippen LogP contribution in [0.1, 0.15) is 23.6 Å². The zero-order valence-corrected chi connectivity index (χ0v) is 13.6.